The number of benzene rings is 1. The van der Waals surface area contributed by atoms with Crippen LogP contribution in [0.3, 0.4) is 0 Å². The molecule has 1 aliphatic rings. The van der Waals surface area contributed by atoms with Gasteiger partial charge in [-0.3, -0.25) is 9.79 Å². The molecule has 0 spiro atoms. The minimum atomic E-state index is 0.0728. The number of fused-ring (bicyclic) bond motifs is 1. The Morgan fingerprint density at radius 1 is 1.40 bits per heavy atom. The summed E-state index contributed by atoms with van der Waals surface area (Å²) in [4.78, 5) is 18.5. The first-order valence-electron chi connectivity index (χ1n) is 9.08. The molecule has 1 amide bonds. The second kappa shape index (κ2) is 9.42. The second-order valence-corrected chi connectivity index (χ2v) is 6.65. The maximum Gasteiger partial charge on any atom is 0.225 e. The van der Waals surface area contributed by atoms with Crippen molar-refractivity contribution in [1.82, 2.24) is 15.5 Å². The van der Waals surface area contributed by atoms with Gasteiger partial charge >= 0.3 is 0 Å². The van der Waals surface area contributed by atoms with Gasteiger partial charge in [-0.05, 0) is 32.0 Å². The van der Waals surface area contributed by atoms with Gasteiger partial charge in [-0.2, -0.15) is 0 Å². The first-order chi connectivity index (χ1) is 12.0. The predicted molar refractivity (Wildman–Crippen MR) is 104 cm³/mol. The third-order valence-corrected chi connectivity index (χ3v) is 4.95. The van der Waals surface area contributed by atoms with Crippen molar-refractivity contribution >= 4 is 17.6 Å². The fraction of sp³-hybridized carbons (Fsp3) is 0.579. The number of guanidine groups is 1. The maximum absolute atomic E-state index is 11.9. The number of hydrogen-bond acceptors (Lipinski definition) is 3. The molecule has 1 heterocycles. The Kier molecular flexibility index (Phi) is 7.25. The molecule has 0 aliphatic carbocycles. The van der Waals surface area contributed by atoms with E-state index in [0.29, 0.717) is 19.0 Å². The van der Waals surface area contributed by atoms with E-state index in [-0.39, 0.29) is 11.8 Å². The summed E-state index contributed by atoms with van der Waals surface area (Å²) in [6.45, 7) is 6.92. The molecule has 138 valence electrons. The molecule has 1 aromatic carbocycles. The van der Waals surface area contributed by atoms with Gasteiger partial charge in [0, 0.05) is 50.7 Å². The Bertz CT molecular complexity index is 601. The first-order valence-corrected chi connectivity index (χ1v) is 9.08. The average molecular weight is 345 g/mol. The molecule has 2 rings (SSSR count). The summed E-state index contributed by atoms with van der Waals surface area (Å²) < 4.78 is 0. The van der Waals surface area contributed by atoms with E-state index >= 15 is 0 Å². The Labute approximate surface area is 151 Å². The summed E-state index contributed by atoms with van der Waals surface area (Å²) >= 11 is 0. The molecule has 0 saturated heterocycles. The van der Waals surface area contributed by atoms with E-state index in [0.717, 1.165) is 31.2 Å². The number of nitrogens with one attached hydrogen (secondary N) is 3. The number of nitrogens with zero attached hydrogens (tertiary/aromatic N) is 2. The van der Waals surface area contributed by atoms with Gasteiger partial charge in [0.1, 0.15) is 0 Å². The van der Waals surface area contributed by atoms with E-state index in [1.807, 2.05) is 18.2 Å². The predicted octanol–water partition coefficient (Wildman–Crippen LogP) is 2.01. The van der Waals surface area contributed by atoms with E-state index < -0.39 is 0 Å². The van der Waals surface area contributed by atoms with Crippen molar-refractivity contribution in [3.63, 3.8) is 0 Å². The molecule has 3 N–H and O–H groups in total. The van der Waals surface area contributed by atoms with E-state index in [2.05, 4.69) is 52.8 Å². The van der Waals surface area contributed by atoms with E-state index in [4.69, 9.17) is 0 Å². The van der Waals surface area contributed by atoms with Crippen LogP contribution in [-0.2, 0) is 4.79 Å². The van der Waals surface area contributed by atoms with Gasteiger partial charge in [0.25, 0.3) is 0 Å². The highest BCUT2D eigenvalue weighted by molar-refractivity contribution is 5.94. The fourth-order valence-corrected chi connectivity index (χ4v) is 3.01. The third kappa shape index (κ3) is 5.46. The zero-order chi connectivity index (χ0) is 18.2. The van der Waals surface area contributed by atoms with Crippen LogP contribution in [-0.4, -0.2) is 56.5 Å². The smallest absolute Gasteiger partial charge is 0.225 e. The van der Waals surface area contributed by atoms with Crippen molar-refractivity contribution in [2.45, 2.75) is 38.6 Å². The minimum absolute atomic E-state index is 0.0728. The van der Waals surface area contributed by atoms with Crippen molar-refractivity contribution < 1.29 is 4.79 Å². The van der Waals surface area contributed by atoms with Crippen molar-refractivity contribution in [1.29, 1.82) is 0 Å². The highest BCUT2D eigenvalue weighted by Gasteiger charge is 2.24. The molecular weight excluding hydrogens is 314 g/mol. The summed E-state index contributed by atoms with van der Waals surface area (Å²) in [6.07, 6.45) is 1.64. The number of anilines is 1. The molecule has 0 fully saturated rings. The van der Waals surface area contributed by atoms with Crippen LogP contribution in [0.25, 0.3) is 0 Å². The van der Waals surface area contributed by atoms with Gasteiger partial charge in [0.2, 0.25) is 5.91 Å². The SMILES string of the molecule is CCC(C)N(C)CCNC(=NC)NCC1CC(=O)Nc2ccccc21. The molecule has 2 unspecified atom stereocenters. The average Bonchev–Trinajstić information content (AvgIpc) is 2.63. The van der Waals surface area contributed by atoms with Crippen LogP contribution in [0.5, 0.6) is 0 Å². The number of rotatable bonds is 7. The summed E-state index contributed by atoms with van der Waals surface area (Å²) in [6, 6.07) is 8.58. The van der Waals surface area contributed by atoms with Crippen LogP contribution in [0.15, 0.2) is 29.3 Å². The third-order valence-electron chi connectivity index (χ3n) is 4.95. The van der Waals surface area contributed by atoms with E-state index in [1.54, 1.807) is 7.05 Å². The van der Waals surface area contributed by atoms with Gasteiger partial charge in [-0.15, -0.1) is 0 Å². The zero-order valence-corrected chi connectivity index (χ0v) is 15.8. The van der Waals surface area contributed by atoms with Crippen molar-refractivity contribution in [3.8, 4) is 0 Å². The minimum Gasteiger partial charge on any atom is -0.356 e. The topological polar surface area (TPSA) is 68.8 Å². The van der Waals surface area contributed by atoms with Crippen LogP contribution in [0.1, 0.15) is 38.2 Å². The molecule has 0 saturated carbocycles. The Balaban J connectivity index is 1.84. The van der Waals surface area contributed by atoms with Gasteiger partial charge in [-0.25, -0.2) is 0 Å². The quantitative estimate of drug-likeness (QED) is 0.522. The van der Waals surface area contributed by atoms with E-state index in [9.17, 15) is 4.79 Å². The molecule has 2 atom stereocenters. The first kappa shape index (κ1) is 19.2. The lowest BCUT2D eigenvalue weighted by Crippen LogP contribution is -2.44. The van der Waals surface area contributed by atoms with Crippen molar-refractivity contribution in [2.75, 3.05) is 39.0 Å². The summed E-state index contributed by atoms with van der Waals surface area (Å²) in [5.74, 6) is 1.01. The summed E-state index contributed by atoms with van der Waals surface area (Å²) in [7, 11) is 3.92. The molecule has 6 heteroatoms. The molecule has 1 aromatic rings. The Morgan fingerprint density at radius 3 is 2.88 bits per heavy atom. The lowest BCUT2D eigenvalue weighted by Gasteiger charge is -2.27. The van der Waals surface area contributed by atoms with Crippen LogP contribution in [0.4, 0.5) is 5.69 Å². The lowest BCUT2D eigenvalue weighted by atomic mass is 9.90. The Morgan fingerprint density at radius 2 is 2.16 bits per heavy atom. The largest absolute Gasteiger partial charge is 0.356 e. The van der Waals surface area contributed by atoms with Crippen LogP contribution < -0.4 is 16.0 Å². The number of carbonyl (C=O) groups excluding carboxylic acids is 1. The number of carbonyl (C=O) groups is 1. The molecule has 0 radical (unpaired) electrons. The summed E-state index contributed by atoms with van der Waals surface area (Å²) in [5.41, 5.74) is 2.10. The van der Waals surface area contributed by atoms with Crippen molar-refractivity contribution in [2.24, 2.45) is 4.99 Å². The van der Waals surface area contributed by atoms with E-state index in [1.165, 1.54) is 5.56 Å². The standard InChI is InChI=1S/C19H31N5O/c1-5-14(2)24(4)11-10-21-19(20-3)22-13-15-12-18(25)23-17-9-7-6-8-16(15)17/h6-9,14-15H,5,10-13H2,1-4H3,(H,23,25)(H2,20,21,22). The monoisotopic (exact) mass is 345 g/mol. The zero-order valence-electron chi connectivity index (χ0n) is 15.8. The fourth-order valence-electron chi connectivity index (χ4n) is 3.01. The van der Waals surface area contributed by atoms with Crippen LogP contribution >= 0.6 is 0 Å². The molecular formula is C19H31N5O. The highest BCUT2D eigenvalue weighted by Crippen LogP contribution is 2.31. The molecule has 1 aliphatic heterocycles. The van der Waals surface area contributed by atoms with Gasteiger partial charge in [0.15, 0.2) is 5.96 Å². The normalized spacial score (nSPS) is 18.5. The number of hydrogen-bond donors (Lipinski definition) is 3. The molecule has 6 nitrogen and oxygen atoms in total. The van der Waals surface area contributed by atoms with Gasteiger partial charge in [-0.1, -0.05) is 25.1 Å². The molecule has 25 heavy (non-hydrogen) atoms. The van der Waals surface area contributed by atoms with Gasteiger partial charge in [0.05, 0.1) is 0 Å². The van der Waals surface area contributed by atoms with Gasteiger partial charge < -0.3 is 20.9 Å². The molecule has 0 bridgehead atoms. The highest BCUT2D eigenvalue weighted by atomic mass is 16.1. The molecule has 0 aromatic heterocycles. The Hall–Kier alpha value is -2.08. The number of amides is 1. The van der Waals surface area contributed by atoms with Crippen LogP contribution in [0, 0.1) is 0 Å². The van der Waals surface area contributed by atoms with Crippen molar-refractivity contribution in [3.05, 3.63) is 29.8 Å². The number of likely N-dealkylation sites (N-methyl/N-ethyl adjacent to an activating group) is 1. The second-order valence-electron chi connectivity index (χ2n) is 6.65. The van der Waals surface area contributed by atoms with Crippen LogP contribution in [0.2, 0.25) is 0 Å². The summed E-state index contributed by atoms with van der Waals surface area (Å²) in [5, 5.41) is 9.64. The maximum atomic E-state index is 11.9. The number of aliphatic imine (C=N–C) groups is 1. The lowest BCUT2D eigenvalue weighted by molar-refractivity contribution is -0.116. The number of para-hydroxylation sites is 1.